The minimum absolute atomic E-state index is 0.0219. The SMILES string of the molecule is CCCOCC(=O)c1ccc(OC)cc1C. The van der Waals surface area contributed by atoms with Crippen molar-refractivity contribution in [2.24, 2.45) is 0 Å². The van der Waals surface area contributed by atoms with Crippen LogP contribution in [0.5, 0.6) is 5.75 Å². The lowest BCUT2D eigenvalue weighted by Crippen LogP contribution is -2.11. The second kappa shape index (κ2) is 6.28. The highest BCUT2D eigenvalue weighted by Crippen LogP contribution is 2.17. The molecular formula is C13H18O3. The maximum atomic E-state index is 11.8. The van der Waals surface area contributed by atoms with Gasteiger partial charge in [0.1, 0.15) is 12.4 Å². The number of hydrogen-bond donors (Lipinski definition) is 0. The molecule has 0 spiro atoms. The predicted octanol–water partition coefficient (Wildman–Crippen LogP) is 2.61. The number of carbonyl (C=O) groups is 1. The van der Waals surface area contributed by atoms with Crippen molar-refractivity contribution in [2.45, 2.75) is 20.3 Å². The van der Waals surface area contributed by atoms with Crippen LogP contribution in [-0.4, -0.2) is 26.1 Å². The fourth-order valence-corrected chi connectivity index (χ4v) is 1.46. The molecule has 1 aromatic carbocycles. The Morgan fingerprint density at radius 3 is 2.69 bits per heavy atom. The average Bonchev–Trinajstić information content (AvgIpc) is 2.29. The first kappa shape index (κ1) is 12.7. The molecule has 0 atom stereocenters. The normalized spacial score (nSPS) is 10.2. The van der Waals surface area contributed by atoms with Gasteiger partial charge in [-0.3, -0.25) is 4.79 Å². The summed E-state index contributed by atoms with van der Waals surface area (Å²) in [5.74, 6) is 0.789. The summed E-state index contributed by atoms with van der Waals surface area (Å²) in [5, 5.41) is 0. The summed E-state index contributed by atoms with van der Waals surface area (Å²) in [6, 6.07) is 5.43. The van der Waals surface area contributed by atoms with Crippen LogP contribution in [0.4, 0.5) is 0 Å². The lowest BCUT2D eigenvalue weighted by molar-refractivity contribution is 0.0760. The number of carbonyl (C=O) groups excluding carboxylic acids is 1. The molecule has 1 rings (SSSR count). The third-order valence-corrected chi connectivity index (χ3v) is 2.32. The molecule has 16 heavy (non-hydrogen) atoms. The molecule has 0 aliphatic heterocycles. The summed E-state index contributed by atoms with van der Waals surface area (Å²) in [4.78, 5) is 11.8. The standard InChI is InChI=1S/C13H18O3/c1-4-7-16-9-13(14)12-6-5-11(15-3)8-10(12)2/h5-6,8H,4,7,9H2,1-3H3. The number of aryl methyl sites for hydroxylation is 1. The maximum Gasteiger partial charge on any atom is 0.188 e. The molecule has 0 radical (unpaired) electrons. The molecule has 0 aromatic heterocycles. The molecule has 3 nitrogen and oxygen atoms in total. The summed E-state index contributed by atoms with van der Waals surface area (Å²) in [5.41, 5.74) is 1.63. The van der Waals surface area contributed by atoms with E-state index in [9.17, 15) is 4.79 Å². The molecule has 0 N–H and O–H groups in total. The monoisotopic (exact) mass is 222 g/mol. The number of rotatable bonds is 6. The van der Waals surface area contributed by atoms with Gasteiger partial charge in [0, 0.05) is 12.2 Å². The fraction of sp³-hybridized carbons (Fsp3) is 0.462. The Kier molecular flexibility index (Phi) is 4.99. The highest BCUT2D eigenvalue weighted by atomic mass is 16.5. The minimum atomic E-state index is 0.0219. The molecule has 0 saturated carbocycles. The van der Waals surface area contributed by atoms with E-state index in [4.69, 9.17) is 9.47 Å². The topological polar surface area (TPSA) is 35.5 Å². The molecule has 0 amide bonds. The predicted molar refractivity (Wildman–Crippen MR) is 63.2 cm³/mol. The van der Waals surface area contributed by atoms with Crippen molar-refractivity contribution in [2.75, 3.05) is 20.3 Å². The zero-order valence-electron chi connectivity index (χ0n) is 10.1. The molecule has 1 aromatic rings. The lowest BCUT2D eigenvalue weighted by atomic mass is 10.0. The van der Waals surface area contributed by atoms with Gasteiger partial charge in [-0.15, -0.1) is 0 Å². The second-order valence-corrected chi connectivity index (χ2v) is 3.66. The van der Waals surface area contributed by atoms with Crippen LogP contribution in [0.3, 0.4) is 0 Å². The Morgan fingerprint density at radius 2 is 2.12 bits per heavy atom. The number of methoxy groups -OCH3 is 1. The number of benzene rings is 1. The van der Waals surface area contributed by atoms with E-state index in [2.05, 4.69) is 0 Å². The van der Waals surface area contributed by atoms with Crippen molar-refractivity contribution in [3.63, 3.8) is 0 Å². The van der Waals surface area contributed by atoms with Gasteiger partial charge in [-0.25, -0.2) is 0 Å². The molecule has 0 bridgehead atoms. The Labute approximate surface area is 96.4 Å². The van der Waals surface area contributed by atoms with E-state index >= 15 is 0 Å². The summed E-state index contributed by atoms with van der Waals surface area (Å²) < 4.78 is 10.3. The molecule has 0 fully saturated rings. The molecule has 0 unspecified atom stereocenters. The van der Waals surface area contributed by atoms with Gasteiger partial charge >= 0.3 is 0 Å². The minimum Gasteiger partial charge on any atom is -0.497 e. The first-order valence-corrected chi connectivity index (χ1v) is 5.44. The maximum absolute atomic E-state index is 11.8. The highest BCUT2D eigenvalue weighted by molar-refractivity contribution is 5.98. The summed E-state index contributed by atoms with van der Waals surface area (Å²) in [6.07, 6.45) is 0.925. The quantitative estimate of drug-likeness (QED) is 0.548. The van der Waals surface area contributed by atoms with Crippen LogP contribution in [0.1, 0.15) is 29.3 Å². The van der Waals surface area contributed by atoms with Gasteiger partial charge in [0.2, 0.25) is 0 Å². The van der Waals surface area contributed by atoms with Crippen molar-refractivity contribution >= 4 is 5.78 Å². The Hall–Kier alpha value is -1.35. The lowest BCUT2D eigenvalue weighted by Gasteiger charge is -2.07. The molecule has 0 aliphatic carbocycles. The molecule has 0 saturated heterocycles. The van der Waals surface area contributed by atoms with Gasteiger partial charge in [0.25, 0.3) is 0 Å². The first-order chi connectivity index (χ1) is 7.69. The van der Waals surface area contributed by atoms with E-state index in [1.54, 1.807) is 19.2 Å². The average molecular weight is 222 g/mol. The van der Waals surface area contributed by atoms with E-state index < -0.39 is 0 Å². The van der Waals surface area contributed by atoms with Crippen LogP contribution < -0.4 is 4.74 Å². The van der Waals surface area contributed by atoms with E-state index in [-0.39, 0.29) is 12.4 Å². The Bertz CT molecular complexity index is 358. The molecule has 3 heteroatoms. The van der Waals surface area contributed by atoms with E-state index in [0.717, 1.165) is 17.7 Å². The zero-order chi connectivity index (χ0) is 12.0. The van der Waals surface area contributed by atoms with Gasteiger partial charge < -0.3 is 9.47 Å². The second-order valence-electron chi connectivity index (χ2n) is 3.66. The van der Waals surface area contributed by atoms with Crippen molar-refractivity contribution in [1.29, 1.82) is 0 Å². The fourth-order valence-electron chi connectivity index (χ4n) is 1.46. The largest absolute Gasteiger partial charge is 0.497 e. The zero-order valence-corrected chi connectivity index (χ0v) is 10.1. The van der Waals surface area contributed by atoms with Gasteiger partial charge in [-0.1, -0.05) is 6.92 Å². The summed E-state index contributed by atoms with van der Waals surface area (Å²) in [7, 11) is 1.61. The Morgan fingerprint density at radius 1 is 1.38 bits per heavy atom. The van der Waals surface area contributed by atoms with Crippen LogP contribution in [0, 0.1) is 6.92 Å². The van der Waals surface area contributed by atoms with Crippen LogP contribution in [0.2, 0.25) is 0 Å². The first-order valence-electron chi connectivity index (χ1n) is 5.44. The molecule has 88 valence electrons. The molecular weight excluding hydrogens is 204 g/mol. The Balaban J connectivity index is 2.68. The summed E-state index contributed by atoms with van der Waals surface area (Å²) >= 11 is 0. The van der Waals surface area contributed by atoms with Crippen molar-refractivity contribution in [3.8, 4) is 5.75 Å². The van der Waals surface area contributed by atoms with E-state index in [1.165, 1.54) is 0 Å². The van der Waals surface area contributed by atoms with Crippen molar-refractivity contribution < 1.29 is 14.3 Å². The number of ether oxygens (including phenoxy) is 2. The van der Waals surface area contributed by atoms with Crippen LogP contribution in [0.15, 0.2) is 18.2 Å². The highest BCUT2D eigenvalue weighted by Gasteiger charge is 2.09. The number of Topliss-reactive ketones (excluding diaryl/α,β-unsaturated/α-hetero) is 1. The summed E-state index contributed by atoms with van der Waals surface area (Å²) in [6.45, 7) is 4.70. The number of hydrogen-bond acceptors (Lipinski definition) is 3. The third kappa shape index (κ3) is 3.35. The molecule has 0 heterocycles. The van der Waals surface area contributed by atoms with Gasteiger partial charge in [0.05, 0.1) is 7.11 Å². The smallest absolute Gasteiger partial charge is 0.188 e. The molecule has 0 aliphatic rings. The van der Waals surface area contributed by atoms with Gasteiger partial charge in [-0.2, -0.15) is 0 Å². The van der Waals surface area contributed by atoms with Crippen LogP contribution in [-0.2, 0) is 4.74 Å². The van der Waals surface area contributed by atoms with Gasteiger partial charge in [0.15, 0.2) is 5.78 Å². The number of ketones is 1. The van der Waals surface area contributed by atoms with Crippen LogP contribution >= 0.6 is 0 Å². The van der Waals surface area contributed by atoms with Gasteiger partial charge in [-0.05, 0) is 37.1 Å². The van der Waals surface area contributed by atoms with Crippen LogP contribution in [0.25, 0.3) is 0 Å². The van der Waals surface area contributed by atoms with Crippen molar-refractivity contribution in [1.82, 2.24) is 0 Å². The van der Waals surface area contributed by atoms with E-state index in [0.29, 0.717) is 12.2 Å². The van der Waals surface area contributed by atoms with Crippen molar-refractivity contribution in [3.05, 3.63) is 29.3 Å². The third-order valence-electron chi connectivity index (χ3n) is 2.32. The van der Waals surface area contributed by atoms with E-state index in [1.807, 2.05) is 19.9 Å².